The predicted octanol–water partition coefficient (Wildman–Crippen LogP) is 2.78. The monoisotopic (exact) mass is 439 g/mol. The molecule has 0 radical (unpaired) electrons. The molecule has 0 bridgehead atoms. The molecule has 1 saturated carbocycles. The number of rotatable bonds is 5. The van der Waals surface area contributed by atoms with Crippen LogP contribution < -0.4 is 10.6 Å². The van der Waals surface area contributed by atoms with Crippen molar-refractivity contribution in [3.05, 3.63) is 53.7 Å². The lowest BCUT2D eigenvalue weighted by Gasteiger charge is -2.32. The molecular weight excluding hydrogens is 413 g/mol. The van der Waals surface area contributed by atoms with Gasteiger partial charge in [0.25, 0.3) is 11.8 Å². The van der Waals surface area contributed by atoms with E-state index in [4.69, 9.17) is 0 Å². The van der Waals surface area contributed by atoms with E-state index in [-0.39, 0.29) is 41.1 Å². The minimum absolute atomic E-state index is 0.0455. The molecule has 8 nitrogen and oxygen atoms in total. The Morgan fingerprint density at radius 3 is 2.28 bits per heavy atom. The Balaban J connectivity index is 1.33. The molecule has 0 unspecified atom stereocenters. The zero-order valence-corrected chi connectivity index (χ0v) is 17.7. The zero-order chi connectivity index (χ0) is 22.5. The first-order valence-electron chi connectivity index (χ1n) is 11.0. The van der Waals surface area contributed by atoms with Gasteiger partial charge in [-0.1, -0.05) is 12.8 Å². The molecule has 1 aromatic heterocycles. The number of hydrogen-bond donors (Lipinski definition) is 2. The van der Waals surface area contributed by atoms with E-state index >= 15 is 0 Å². The van der Waals surface area contributed by atoms with Crippen molar-refractivity contribution in [2.45, 2.75) is 44.6 Å². The SMILES string of the molecule is O=C(NC1CCN(C(=O)c2ccc(F)cc2)CC1)c1nccnc1NC(=O)C1CCCC1. The Labute approximate surface area is 185 Å². The summed E-state index contributed by atoms with van der Waals surface area (Å²) in [7, 11) is 0. The minimum Gasteiger partial charge on any atom is -0.348 e. The number of amides is 3. The molecule has 2 heterocycles. The van der Waals surface area contributed by atoms with E-state index in [1.807, 2.05) is 0 Å². The molecule has 32 heavy (non-hydrogen) atoms. The Morgan fingerprint density at radius 2 is 1.59 bits per heavy atom. The standard InChI is InChI=1S/C23H26FN5O3/c24-17-7-5-16(6-8-17)23(32)29-13-9-18(10-14-29)27-22(31)19-20(26-12-11-25-19)28-21(30)15-3-1-2-4-15/h5-8,11-12,15,18H,1-4,9-10,13-14H2,(H,27,31)(H,26,28,30). The van der Waals surface area contributed by atoms with E-state index in [0.29, 0.717) is 31.5 Å². The van der Waals surface area contributed by atoms with Crippen LogP contribution in [0.1, 0.15) is 59.4 Å². The highest BCUT2D eigenvalue weighted by Crippen LogP contribution is 2.26. The van der Waals surface area contributed by atoms with Crippen molar-refractivity contribution in [2.24, 2.45) is 5.92 Å². The lowest BCUT2D eigenvalue weighted by molar-refractivity contribution is -0.119. The Morgan fingerprint density at radius 1 is 0.938 bits per heavy atom. The first-order valence-corrected chi connectivity index (χ1v) is 11.0. The molecule has 1 aromatic carbocycles. The molecule has 4 rings (SSSR count). The fourth-order valence-corrected chi connectivity index (χ4v) is 4.26. The maximum atomic E-state index is 13.1. The van der Waals surface area contributed by atoms with Crippen molar-refractivity contribution in [2.75, 3.05) is 18.4 Å². The van der Waals surface area contributed by atoms with Gasteiger partial charge >= 0.3 is 0 Å². The number of anilines is 1. The fourth-order valence-electron chi connectivity index (χ4n) is 4.26. The Kier molecular flexibility index (Phi) is 6.72. The maximum Gasteiger partial charge on any atom is 0.273 e. The van der Waals surface area contributed by atoms with Gasteiger partial charge in [-0.05, 0) is 49.9 Å². The summed E-state index contributed by atoms with van der Waals surface area (Å²) in [5.74, 6) is -0.930. The molecule has 1 aliphatic carbocycles. The molecular formula is C23H26FN5O3. The van der Waals surface area contributed by atoms with Crippen LogP contribution in [0, 0.1) is 11.7 Å². The zero-order valence-electron chi connectivity index (χ0n) is 17.7. The summed E-state index contributed by atoms with van der Waals surface area (Å²) < 4.78 is 13.1. The summed E-state index contributed by atoms with van der Waals surface area (Å²) in [6, 6.07) is 5.36. The summed E-state index contributed by atoms with van der Waals surface area (Å²) in [6.07, 6.45) is 7.81. The molecule has 2 fully saturated rings. The number of aromatic nitrogens is 2. The highest BCUT2D eigenvalue weighted by Gasteiger charge is 2.28. The summed E-state index contributed by atoms with van der Waals surface area (Å²) >= 11 is 0. The molecule has 2 aromatic rings. The molecule has 2 aliphatic rings. The van der Waals surface area contributed by atoms with Gasteiger partial charge in [0.15, 0.2) is 11.5 Å². The van der Waals surface area contributed by atoms with E-state index in [0.717, 1.165) is 25.7 Å². The van der Waals surface area contributed by atoms with Gasteiger partial charge in [0.05, 0.1) is 0 Å². The molecule has 168 valence electrons. The van der Waals surface area contributed by atoms with E-state index < -0.39 is 5.91 Å². The summed E-state index contributed by atoms with van der Waals surface area (Å²) in [4.78, 5) is 47.8. The Hall–Kier alpha value is -3.36. The van der Waals surface area contributed by atoms with Crippen molar-refractivity contribution in [1.29, 1.82) is 0 Å². The number of nitrogens with one attached hydrogen (secondary N) is 2. The molecule has 2 N–H and O–H groups in total. The minimum atomic E-state index is -0.400. The Bertz CT molecular complexity index is 983. The van der Waals surface area contributed by atoms with Gasteiger partial charge < -0.3 is 15.5 Å². The van der Waals surface area contributed by atoms with Crippen molar-refractivity contribution < 1.29 is 18.8 Å². The van der Waals surface area contributed by atoms with Crippen LogP contribution in [0.25, 0.3) is 0 Å². The average Bonchev–Trinajstić information content (AvgIpc) is 3.35. The third-order valence-corrected chi connectivity index (χ3v) is 6.09. The summed E-state index contributed by atoms with van der Waals surface area (Å²) in [6.45, 7) is 0.958. The average molecular weight is 439 g/mol. The van der Waals surface area contributed by atoms with Gasteiger partial charge in [-0.15, -0.1) is 0 Å². The number of carbonyl (C=O) groups is 3. The number of carbonyl (C=O) groups excluding carboxylic acids is 3. The summed E-state index contributed by atoms with van der Waals surface area (Å²) in [5.41, 5.74) is 0.528. The lowest BCUT2D eigenvalue weighted by atomic mass is 10.0. The highest BCUT2D eigenvalue weighted by molar-refractivity contribution is 6.01. The third-order valence-electron chi connectivity index (χ3n) is 6.09. The number of hydrogen-bond acceptors (Lipinski definition) is 5. The molecule has 0 atom stereocenters. The normalized spacial score (nSPS) is 17.2. The van der Waals surface area contributed by atoms with Crippen molar-refractivity contribution in [1.82, 2.24) is 20.2 Å². The van der Waals surface area contributed by atoms with Crippen LogP contribution in [0.15, 0.2) is 36.7 Å². The summed E-state index contributed by atoms with van der Waals surface area (Å²) in [5, 5.41) is 5.71. The van der Waals surface area contributed by atoms with Gasteiger partial charge in [-0.25, -0.2) is 14.4 Å². The number of likely N-dealkylation sites (tertiary alicyclic amines) is 1. The van der Waals surface area contributed by atoms with E-state index in [1.165, 1.54) is 36.7 Å². The van der Waals surface area contributed by atoms with Crippen LogP contribution in [0.3, 0.4) is 0 Å². The second-order valence-electron chi connectivity index (χ2n) is 8.27. The highest BCUT2D eigenvalue weighted by atomic mass is 19.1. The van der Waals surface area contributed by atoms with Crippen LogP contribution in [0.5, 0.6) is 0 Å². The van der Waals surface area contributed by atoms with E-state index in [2.05, 4.69) is 20.6 Å². The maximum absolute atomic E-state index is 13.1. The van der Waals surface area contributed by atoms with Gasteiger partial charge in [-0.3, -0.25) is 14.4 Å². The largest absolute Gasteiger partial charge is 0.348 e. The fraction of sp³-hybridized carbons (Fsp3) is 0.435. The topological polar surface area (TPSA) is 104 Å². The van der Waals surface area contributed by atoms with Gasteiger partial charge in [0.1, 0.15) is 5.82 Å². The second kappa shape index (κ2) is 9.84. The van der Waals surface area contributed by atoms with Crippen LogP contribution in [0.4, 0.5) is 10.2 Å². The van der Waals surface area contributed by atoms with Gasteiger partial charge in [0.2, 0.25) is 5.91 Å². The van der Waals surface area contributed by atoms with Crippen LogP contribution >= 0.6 is 0 Å². The number of halogens is 1. The number of nitrogens with zero attached hydrogens (tertiary/aromatic N) is 3. The molecule has 1 saturated heterocycles. The molecule has 1 aliphatic heterocycles. The number of piperidine rings is 1. The molecule has 9 heteroatoms. The van der Waals surface area contributed by atoms with Gasteiger partial charge in [-0.2, -0.15) is 0 Å². The number of benzene rings is 1. The van der Waals surface area contributed by atoms with Crippen molar-refractivity contribution in [3.8, 4) is 0 Å². The van der Waals surface area contributed by atoms with Crippen LogP contribution in [-0.4, -0.2) is 51.7 Å². The van der Waals surface area contributed by atoms with Crippen molar-refractivity contribution >= 4 is 23.5 Å². The second-order valence-corrected chi connectivity index (χ2v) is 8.27. The molecule has 3 amide bonds. The van der Waals surface area contributed by atoms with Gasteiger partial charge in [0, 0.05) is 43.0 Å². The third kappa shape index (κ3) is 5.09. The van der Waals surface area contributed by atoms with E-state index in [9.17, 15) is 18.8 Å². The first-order chi connectivity index (χ1) is 15.5. The van der Waals surface area contributed by atoms with Crippen LogP contribution in [0.2, 0.25) is 0 Å². The smallest absolute Gasteiger partial charge is 0.273 e. The van der Waals surface area contributed by atoms with Crippen molar-refractivity contribution in [3.63, 3.8) is 0 Å². The predicted molar refractivity (Wildman–Crippen MR) is 115 cm³/mol. The van der Waals surface area contributed by atoms with E-state index in [1.54, 1.807) is 4.90 Å². The lowest BCUT2D eigenvalue weighted by Crippen LogP contribution is -2.46. The first kappa shape index (κ1) is 21.9. The quantitative estimate of drug-likeness (QED) is 0.746. The van der Waals surface area contributed by atoms with Crippen LogP contribution in [-0.2, 0) is 4.79 Å². The molecule has 0 spiro atoms.